The molecule has 112 valence electrons. The fourth-order valence-corrected chi connectivity index (χ4v) is 2.08. The van der Waals surface area contributed by atoms with Crippen molar-refractivity contribution in [2.24, 2.45) is 0 Å². The van der Waals surface area contributed by atoms with Crippen molar-refractivity contribution in [1.29, 1.82) is 0 Å². The van der Waals surface area contributed by atoms with Gasteiger partial charge < -0.3 is 9.73 Å². The third-order valence-electron chi connectivity index (χ3n) is 3.15. The molecule has 0 fully saturated rings. The van der Waals surface area contributed by atoms with Crippen LogP contribution in [0.1, 0.15) is 27.6 Å². The number of oxazole rings is 1. The van der Waals surface area contributed by atoms with Crippen LogP contribution in [0.15, 0.2) is 53.3 Å². The lowest BCUT2D eigenvalue weighted by molar-refractivity contribution is 0.0947. The number of hydrogen-bond donors (Lipinski definition) is 1. The summed E-state index contributed by atoms with van der Waals surface area (Å²) in [5.41, 5.74) is 1.65. The lowest BCUT2D eigenvalue weighted by Gasteiger charge is -2.01. The van der Waals surface area contributed by atoms with Crippen molar-refractivity contribution >= 4 is 5.91 Å². The van der Waals surface area contributed by atoms with Crippen molar-refractivity contribution in [3.63, 3.8) is 0 Å². The second-order valence-electron chi connectivity index (χ2n) is 4.96. The molecule has 0 atom stereocenters. The molecule has 0 aliphatic rings. The van der Waals surface area contributed by atoms with Gasteiger partial charge in [0.05, 0.1) is 31.0 Å². The van der Waals surface area contributed by atoms with Crippen molar-refractivity contribution < 1.29 is 9.21 Å². The van der Waals surface area contributed by atoms with Crippen LogP contribution in [-0.4, -0.2) is 20.7 Å². The van der Waals surface area contributed by atoms with E-state index in [1.807, 2.05) is 37.3 Å². The van der Waals surface area contributed by atoms with Gasteiger partial charge in [0.25, 0.3) is 5.91 Å². The molecule has 3 aromatic rings. The summed E-state index contributed by atoms with van der Waals surface area (Å²) in [4.78, 5) is 16.1. The van der Waals surface area contributed by atoms with Gasteiger partial charge in [-0.1, -0.05) is 30.3 Å². The molecular weight excluding hydrogens is 280 g/mol. The maximum atomic E-state index is 12.1. The van der Waals surface area contributed by atoms with Gasteiger partial charge in [0.15, 0.2) is 0 Å². The zero-order valence-corrected chi connectivity index (χ0v) is 12.2. The summed E-state index contributed by atoms with van der Waals surface area (Å²) in [6.07, 6.45) is 4.90. The number of amides is 1. The Morgan fingerprint density at radius 3 is 2.82 bits per heavy atom. The Balaban J connectivity index is 1.59. The number of carbonyl (C=O) groups excluding carboxylic acids is 1. The molecule has 0 radical (unpaired) electrons. The van der Waals surface area contributed by atoms with E-state index >= 15 is 0 Å². The molecule has 6 nitrogen and oxygen atoms in total. The van der Waals surface area contributed by atoms with E-state index in [9.17, 15) is 4.79 Å². The topological polar surface area (TPSA) is 73.0 Å². The van der Waals surface area contributed by atoms with Gasteiger partial charge in [-0.25, -0.2) is 4.98 Å². The Hall–Kier alpha value is -2.89. The normalized spacial score (nSPS) is 10.6. The second kappa shape index (κ2) is 6.26. The van der Waals surface area contributed by atoms with Crippen LogP contribution in [0.25, 0.3) is 0 Å². The number of aromatic nitrogens is 3. The van der Waals surface area contributed by atoms with Crippen LogP contribution in [-0.2, 0) is 13.1 Å². The van der Waals surface area contributed by atoms with E-state index in [0.717, 1.165) is 11.3 Å². The van der Waals surface area contributed by atoms with Gasteiger partial charge >= 0.3 is 0 Å². The van der Waals surface area contributed by atoms with E-state index in [1.54, 1.807) is 23.3 Å². The summed E-state index contributed by atoms with van der Waals surface area (Å²) in [7, 11) is 0. The zero-order chi connectivity index (χ0) is 15.4. The van der Waals surface area contributed by atoms with Gasteiger partial charge in [0.2, 0.25) is 5.89 Å². The van der Waals surface area contributed by atoms with E-state index in [1.165, 1.54) is 0 Å². The molecule has 1 aromatic carbocycles. The molecule has 0 spiro atoms. The minimum absolute atomic E-state index is 0.199. The number of hydrogen-bond acceptors (Lipinski definition) is 4. The molecule has 3 rings (SSSR count). The van der Waals surface area contributed by atoms with Crippen molar-refractivity contribution in [3.8, 4) is 0 Å². The Bertz CT molecular complexity index is 761. The summed E-state index contributed by atoms with van der Waals surface area (Å²) in [5, 5.41) is 6.97. The summed E-state index contributed by atoms with van der Waals surface area (Å²) in [5.74, 6) is 1.01. The average Bonchev–Trinajstić information content (AvgIpc) is 3.15. The number of nitrogens with zero attached hydrogens (tertiary/aromatic N) is 3. The van der Waals surface area contributed by atoms with Crippen LogP contribution in [0.3, 0.4) is 0 Å². The van der Waals surface area contributed by atoms with Gasteiger partial charge in [-0.2, -0.15) is 5.10 Å². The number of benzene rings is 1. The van der Waals surface area contributed by atoms with Crippen LogP contribution < -0.4 is 5.32 Å². The van der Waals surface area contributed by atoms with E-state index in [2.05, 4.69) is 15.4 Å². The van der Waals surface area contributed by atoms with E-state index in [-0.39, 0.29) is 12.5 Å². The zero-order valence-electron chi connectivity index (χ0n) is 12.2. The maximum Gasteiger partial charge on any atom is 0.254 e. The highest BCUT2D eigenvalue weighted by molar-refractivity contribution is 5.93. The van der Waals surface area contributed by atoms with Crippen molar-refractivity contribution in [3.05, 3.63) is 71.7 Å². The highest BCUT2D eigenvalue weighted by Crippen LogP contribution is 2.05. The molecule has 0 unspecified atom stereocenters. The van der Waals surface area contributed by atoms with Gasteiger partial charge in [-0.05, 0) is 12.5 Å². The minimum Gasteiger partial charge on any atom is -0.444 e. The monoisotopic (exact) mass is 296 g/mol. The van der Waals surface area contributed by atoms with Crippen LogP contribution in [0, 0.1) is 6.92 Å². The number of rotatable bonds is 5. The van der Waals surface area contributed by atoms with Gasteiger partial charge in [-0.3, -0.25) is 9.48 Å². The van der Waals surface area contributed by atoms with Crippen LogP contribution >= 0.6 is 0 Å². The van der Waals surface area contributed by atoms with Crippen molar-refractivity contribution in [1.82, 2.24) is 20.1 Å². The Labute approximate surface area is 127 Å². The molecule has 22 heavy (non-hydrogen) atoms. The smallest absolute Gasteiger partial charge is 0.254 e. The molecule has 0 aliphatic heterocycles. The first kappa shape index (κ1) is 14.1. The number of aryl methyl sites for hydroxylation is 1. The molecule has 2 heterocycles. The highest BCUT2D eigenvalue weighted by Gasteiger charge is 2.10. The standard InChI is InChI=1S/C16H16N4O2/c1-12-7-17-15(22-12)9-18-16(21)14-8-19-20(11-14)10-13-5-3-2-4-6-13/h2-8,11H,9-10H2,1H3,(H,18,21). The molecular formula is C16H16N4O2. The molecule has 0 bridgehead atoms. The van der Waals surface area contributed by atoms with E-state index < -0.39 is 0 Å². The molecule has 0 saturated carbocycles. The SMILES string of the molecule is Cc1cnc(CNC(=O)c2cnn(Cc3ccccc3)c2)o1. The van der Waals surface area contributed by atoms with E-state index in [4.69, 9.17) is 4.42 Å². The molecule has 0 aliphatic carbocycles. The van der Waals surface area contributed by atoms with E-state index in [0.29, 0.717) is 18.0 Å². The summed E-state index contributed by atoms with van der Waals surface area (Å²) < 4.78 is 7.04. The Kier molecular flexibility index (Phi) is 4.00. The Morgan fingerprint density at radius 1 is 1.27 bits per heavy atom. The predicted molar refractivity (Wildman–Crippen MR) is 80.2 cm³/mol. The summed E-state index contributed by atoms with van der Waals surface area (Å²) in [6.45, 7) is 2.70. The molecule has 0 saturated heterocycles. The predicted octanol–water partition coefficient (Wildman–Crippen LogP) is 2.16. The largest absolute Gasteiger partial charge is 0.444 e. The second-order valence-corrected chi connectivity index (χ2v) is 4.96. The van der Waals surface area contributed by atoms with Crippen LogP contribution in [0.4, 0.5) is 0 Å². The lowest BCUT2D eigenvalue weighted by atomic mass is 10.2. The van der Waals surface area contributed by atoms with Gasteiger partial charge in [-0.15, -0.1) is 0 Å². The number of nitrogens with one attached hydrogen (secondary N) is 1. The van der Waals surface area contributed by atoms with Gasteiger partial charge in [0, 0.05) is 6.20 Å². The first-order valence-electron chi connectivity index (χ1n) is 6.96. The first-order valence-corrected chi connectivity index (χ1v) is 6.96. The number of carbonyl (C=O) groups is 1. The lowest BCUT2D eigenvalue weighted by Crippen LogP contribution is -2.22. The fourth-order valence-electron chi connectivity index (χ4n) is 2.08. The van der Waals surface area contributed by atoms with Crippen molar-refractivity contribution in [2.75, 3.05) is 0 Å². The van der Waals surface area contributed by atoms with Gasteiger partial charge in [0.1, 0.15) is 5.76 Å². The minimum atomic E-state index is -0.199. The third-order valence-corrected chi connectivity index (χ3v) is 3.15. The fraction of sp³-hybridized carbons (Fsp3) is 0.188. The Morgan fingerprint density at radius 2 is 2.09 bits per heavy atom. The quantitative estimate of drug-likeness (QED) is 0.783. The molecule has 2 aromatic heterocycles. The molecule has 6 heteroatoms. The molecule has 1 N–H and O–H groups in total. The highest BCUT2D eigenvalue weighted by atomic mass is 16.4. The van der Waals surface area contributed by atoms with Crippen LogP contribution in [0.2, 0.25) is 0 Å². The molecule has 1 amide bonds. The van der Waals surface area contributed by atoms with Crippen molar-refractivity contribution in [2.45, 2.75) is 20.0 Å². The third kappa shape index (κ3) is 3.41. The summed E-state index contributed by atoms with van der Waals surface area (Å²) >= 11 is 0. The maximum absolute atomic E-state index is 12.1. The summed E-state index contributed by atoms with van der Waals surface area (Å²) in [6, 6.07) is 9.96. The van der Waals surface area contributed by atoms with Crippen LogP contribution in [0.5, 0.6) is 0 Å². The first-order chi connectivity index (χ1) is 10.7. The average molecular weight is 296 g/mol.